The van der Waals surface area contributed by atoms with Gasteiger partial charge in [-0.3, -0.25) is 4.79 Å². The first kappa shape index (κ1) is 16.9. The zero-order chi connectivity index (χ0) is 16.9. The van der Waals surface area contributed by atoms with Crippen LogP contribution in [0.5, 0.6) is 0 Å². The average molecular weight is 345 g/mol. The summed E-state index contributed by atoms with van der Waals surface area (Å²) in [6, 6.07) is 9.56. The monoisotopic (exact) mass is 345 g/mol. The highest BCUT2D eigenvalue weighted by Crippen LogP contribution is 2.20. The van der Waals surface area contributed by atoms with Gasteiger partial charge in [-0.2, -0.15) is 4.37 Å². The van der Waals surface area contributed by atoms with E-state index in [-0.39, 0.29) is 11.9 Å². The maximum absolute atomic E-state index is 12.6. The van der Waals surface area contributed by atoms with Crippen LogP contribution in [0.2, 0.25) is 0 Å². The van der Waals surface area contributed by atoms with E-state index in [0.717, 1.165) is 42.6 Å². The van der Waals surface area contributed by atoms with Crippen LogP contribution >= 0.6 is 11.5 Å². The molecule has 0 bridgehead atoms. The molecule has 2 heterocycles. The zero-order valence-corrected chi connectivity index (χ0v) is 14.7. The Kier molecular flexibility index (Phi) is 5.42. The van der Waals surface area contributed by atoms with Crippen LogP contribution in [-0.4, -0.2) is 46.3 Å². The third-order valence-electron chi connectivity index (χ3n) is 4.26. The predicted molar refractivity (Wildman–Crippen MR) is 96.0 cm³/mol. The van der Waals surface area contributed by atoms with E-state index in [0.29, 0.717) is 13.0 Å². The van der Waals surface area contributed by atoms with Gasteiger partial charge in [0.15, 0.2) is 0 Å². The molecule has 0 radical (unpaired) electrons. The Bertz CT molecular complexity index is 675. The largest absolute Gasteiger partial charge is 0.345 e. The van der Waals surface area contributed by atoms with E-state index in [1.807, 2.05) is 42.2 Å². The highest BCUT2D eigenvalue weighted by atomic mass is 32.1. The minimum absolute atomic E-state index is 0.127. The van der Waals surface area contributed by atoms with Crippen molar-refractivity contribution in [1.29, 1.82) is 0 Å². The minimum atomic E-state index is -0.246. The topological polar surface area (TPSA) is 75.4 Å². The van der Waals surface area contributed by atoms with Crippen molar-refractivity contribution < 1.29 is 4.79 Å². The fraction of sp³-hybridized carbons (Fsp3) is 0.471. The van der Waals surface area contributed by atoms with Gasteiger partial charge in [0.2, 0.25) is 11.0 Å². The molecule has 1 aliphatic rings. The van der Waals surface area contributed by atoms with E-state index in [2.05, 4.69) is 14.3 Å². The number of hydrogen-bond acceptors (Lipinski definition) is 6. The van der Waals surface area contributed by atoms with Crippen LogP contribution in [0.25, 0.3) is 0 Å². The number of nitrogens with zero attached hydrogens (tertiary/aromatic N) is 4. The van der Waals surface area contributed by atoms with E-state index in [1.54, 1.807) is 0 Å². The Hall–Kier alpha value is -1.99. The van der Waals surface area contributed by atoms with Crippen LogP contribution < -0.4 is 10.6 Å². The normalized spacial score (nSPS) is 16.8. The molecule has 1 saturated heterocycles. The van der Waals surface area contributed by atoms with Gasteiger partial charge < -0.3 is 15.5 Å². The maximum Gasteiger partial charge on any atom is 0.224 e. The van der Waals surface area contributed by atoms with Gasteiger partial charge in [-0.05, 0) is 18.9 Å². The summed E-state index contributed by atoms with van der Waals surface area (Å²) in [5.41, 5.74) is 7.19. The van der Waals surface area contributed by atoms with Crippen molar-refractivity contribution in [2.24, 2.45) is 5.73 Å². The number of carbonyl (C=O) groups is 1. The molecule has 1 unspecified atom stereocenters. The van der Waals surface area contributed by atoms with E-state index in [9.17, 15) is 4.79 Å². The predicted octanol–water partition coefficient (Wildman–Crippen LogP) is 1.98. The first-order valence-corrected chi connectivity index (χ1v) is 9.04. The Balaban J connectivity index is 1.56. The number of anilines is 1. The van der Waals surface area contributed by atoms with Gasteiger partial charge in [0.05, 0.1) is 0 Å². The van der Waals surface area contributed by atoms with E-state index in [4.69, 9.17) is 5.73 Å². The summed E-state index contributed by atoms with van der Waals surface area (Å²) in [5.74, 6) is 0.933. The fourth-order valence-electron chi connectivity index (χ4n) is 2.91. The lowest BCUT2D eigenvalue weighted by atomic mass is 10.0. The number of nitrogens with two attached hydrogens (primary N) is 1. The molecular formula is C17H23N5OS. The van der Waals surface area contributed by atoms with Gasteiger partial charge in [-0.25, -0.2) is 4.98 Å². The SMILES string of the molecule is Cc1nsc(N2CCCN(C(=O)CC(N)c3ccccc3)CC2)n1. The highest BCUT2D eigenvalue weighted by molar-refractivity contribution is 7.09. The van der Waals surface area contributed by atoms with Crippen LogP contribution in [-0.2, 0) is 4.79 Å². The first-order chi connectivity index (χ1) is 11.6. The van der Waals surface area contributed by atoms with Gasteiger partial charge in [-0.15, -0.1) is 0 Å². The molecule has 0 aliphatic carbocycles. The number of aryl methyl sites for hydroxylation is 1. The van der Waals surface area contributed by atoms with Crippen LogP contribution in [0.4, 0.5) is 5.13 Å². The zero-order valence-electron chi connectivity index (χ0n) is 13.9. The molecule has 1 atom stereocenters. The Labute approximate surface area is 146 Å². The van der Waals surface area contributed by atoms with Gasteiger partial charge in [-0.1, -0.05) is 30.3 Å². The van der Waals surface area contributed by atoms with Crippen molar-refractivity contribution in [3.63, 3.8) is 0 Å². The minimum Gasteiger partial charge on any atom is -0.345 e. The summed E-state index contributed by atoms with van der Waals surface area (Å²) in [6.07, 6.45) is 1.28. The molecule has 0 saturated carbocycles. The summed E-state index contributed by atoms with van der Waals surface area (Å²) < 4.78 is 4.24. The highest BCUT2D eigenvalue weighted by Gasteiger charge is 2.22. The number of aromatic nitrogens is 2. The second kappa shape index (κ2) is 7.72. The van der Waals surface area contributed by atoms with Crippen LogP contribution in [0.3, 0.4) is 0 Å². The standard InChI is InChI=1S/C17H23N5OS/c1-13-19-17(24-20-13)22-9-5-8-21(10-11-22)16(23)12-15(18)14-6-3-2-4-7-14/h2-4,6-7,15H,5,8-12,18H2,1H3. The second-order valence-electron chi connectivity index (χ2n) is 6.07. The molecule has 24 heavy (non-hydrogen) atoms. The molecule has 0 spiro atoms. The fourth-order valence-corrected chi connectivity index (χ4v) is 3.63. The number of benzene rings is 1. The van der Waals surface area contributed by atoms with Gasteiger partial charge >= 0.3 is 0 Å². The molecule has 2 N–H and O–H groups in total. The Morgan fingerprint density at radius 1 is 1.25 bits per heavy atom. The average Bonchev–Trinajstić information content (AvgIpc) is 2.88. The van der Waals surface area contributed by atoms with Crippen molar-refractivity contribution in [3.8, 4) is 0 Å². The van der Waals surface area contributed by atoms with Crippen molar-refractivity contribution in [3.05, 3.63) is 41.7 Å². The van der Waals surface area contributed by atoms with Gasteiger partial charge in [0.25, 0.3) is 0 Å². The summed E-state index contributed by atoms with van der Waals surface area (Å²) in [4.78, 5) is 21.2. The molecule has 7 heteroatoms. The smallest absolute Gasteiger partial charge is 0.224 e. The second-order valence-corrected chi connectivity index (χ2v) is 6.80. The molecule has 2 aromatic rings. The molecule has 1 aliphatic heterocycles. The number of rotatable bonds is 4. The van der Waals surface area contributed by atoms with Crippen LogP contribution in [0, 0.1) is 6.92 Å². The Morgan fingerprint density at radius 2 is 2.04 bits per heavy atom. The summed E-state index contributed by atoms with van der Waals surface area (Å²) >= 11 is 1.42. The maximum atomic E-state index is 12.6. The molecule has 6 nitrogen and oxygen atoms in total. The summed E-state index contributed by atoms with van der Waals surface area (Å²) in [6.45, 7) is 5.08. The molecule has 128 valence electrons. The van der Waals surface area contributed by atoms with Gasteiger partial charge in [0, 0.05) is 50.2 Å². The third-order valence-corrected chi connectivity index (χ3v) is 5.13. The van der Waals surface area contributed by atoms with E-state index in [1.165, 1.54) is 11.5 Å². The molecule has 3 rings (SSSR count). The molecule has 1 fully saturated rings. The van der Waals surface area contributed by atoms with Crippen molar-refractivity contribution in [1.82, 2.24) is 14.3 Å². The molecule has 1 aromatic carbocycles. The Morgan fingerprint density at radius 3 is 2.75 bits per heavy atom. The third kappa shape index (κ3) is 4.10. The lowest BCUT2D eigenvalue weighted by Crippen LogP contribution is -2.36. The lowest BCUT2D eigenvalue weighted by molar-refractivity contribution is -0.131. The van der Waals surface area contributed by atoms with E-state index >= 15 is 0 Å². The molecule has 1 amide bonds. The van der Waals surface area contributed by atoms with Gasteiger partial charge in [0.1, 0.15) is 5.82 Å². The number of carbonyl (C=O) groups excluding carboxylic acids is 1. The quantitative estimate of drug-likeness (QED) is 0.917. The summed E-state index contributed by atoms with van der Waals surface area (Å²) in [7, 11) is 0. The van der Waals surface area contributed by atoms with Crippen LogP contribution in [0.15, 0.2) is 30.3 Å². The summed E-state index contributed by atoms with van der Waals surface area (Å²) in [5, 5.41) is 0.947. The molecule has 1 aromatic heterocycles. The molecular weight excluding hydrogens is 322 g/mol. The van der Waals surface area contributed by atoms with Crippen molar-refractivity contribution in [2.45, 2.75) is 25.8 Å². The van der Waals surface area contributed by atoms with Crippen molar-refractivity contribution in [2.75, 3.05) is 31.1 Å². The van der Waals surface area contributed by atoms with E-state index < -0.39 is 0 Å². The number of amides is 1. The van der Waals surface area contributed by atoms with Crippen LogP contribution in [0.1, 0.15) is 30.3 Å². The first-order valence-electron chi connectivity index (χ1n) is 8.27. The number of hydrogen-bond donors (Lipinski definition) is 1. The lowest BCUT2D eigenvalue weighted by Gasteiger charge is -2.23. The van der Waals surface area contributed by atoms with Crippen molar-refractivity contribution >= 4 is 22.6 Å².